The number of anilines is 1. The van der Waals surface area contributed by atoms with Crippen molar-refractivity contribution in [2.75, 3.05) is 51.8 Å². The Morgan fingerprint density at radius 1 is 1.26 bits per heavy atom. The summed E-state index contributed by atoms with van der Waals surface area (Å²) in [6, 6.07) is 5.67. The van der Waals surface area contributed by atoms with Crippen molar-refractivity contribution in [2.45, 2.75) is 33.0 Å². The zero-order chi connectivity index (χ0) is 25.8. The molecule has 1 aliphatic heterocycles. The minimum Gasteiger partial charge on any atom is -0.479 e. The molecule has 1 saturated heterocycles. The largest absolute Gasteiger partial charge is 0.479 e. The predicted octanol–water partition coefficient (Wildman–Crippen LogP) is 4.62. The lowest BCUT2D eigenvalue weighted by Gasteiger charge is -2.36. The van der Waals surface area contributed by atoms with E-state index in [0.717, 1.165) is 44.5 Å². The first kappa shape index (κ1) is 26.5. The maximum Gasteiger partial charge on any atom is 0.416 e. The number of hydrogen-bond acceptors (Lipinski definition) is 6. The Morgan fingerprint density at radius 2 is 1.94 bits per heavy atom. The molecule has 1 aromatic carbocycles. The molecule has 2 aromatic rings. The van der Waals surface area contributed by atoms with Gasteiger partial charge in [-0.25, -0.2) is 4.99 Å². The summed E-state index contributed by atoms with van der Waals surface area (Å²) in [7, 11) is 3.18. The molecule has 7 nitrogen and oxygen atoms in total. The quantitative estimate of drug-likeness (QED) is 0.453. The molecule has 3 rings (SSSR count). The Balaban J connectivity index is 1.96. The molecule has 10 heteroatoms. The van der Waals surface area contributed by atoms with Gasteiger partial charge in [-0.2, -0.15) is 18.2 Å². The summed E-state index contributed by atoms with van der Waals surface area (Å²) in [5, 5.41) is 3.26. The number of piperazine rings is 1. The third kappa shape index (κ3) is 5.75. The van der Waals surface area contributed by atoms with Gasteiger partial charge in [0.1, 0.15) is 11.5 Å². The second-order valence-electron chi connectivity index (χ2n) is 8.42. The molecule has 1 aliphatic rings. The zero-order valence-electron chi connectivity index (χ0n) is 20.9. The lowest BCUT2D eigenvalue weighted by Crippen LogP contribution is -2.46. The Kier molecular flexibility index (Phi) is 8.37. The van der Waals surface area contributed by atoms with Crippen LogP contribution in [0.4, 0.5) is 24.7 Å². The second kappa shape index (κ2) is 11.1. The molecule has 1 fully saturated rings. The molecule has 0 saturated carbocycles. The number of hydrogen-bond donors (Lipinski definition) is 1. The number of nitrogens with zero attached hydrogens (tertiary/aromatic N) is 5. The third-order valence-electron chi connectivity index (χ3n) is 6.43. The molecule has 1 aromatic heterocycles. The Morgan fingerprint density at radius 3 is 2.49 bits per heavy atom. The van der Waals surface area contributed by atoms with E-state index in [9.17, 15) is 13.2 Å². The highest BCUT2D eigenvalue weighted by atomic mass is 19.4. The Labute approximate surface area is 204 Å². The predicted molar refractivity (Wildman–Crippen MR) is 135 cm³/mol. The number of aromatic nitrogens is 1. The summed E-state index contributed by atoms with van der Waals surface area (Å²) in [4.78, 5) is 17.6. The van der Waals surface area contributed by atoms with Gasteiger partial charge in [0.05, 0.1) is 24.3 Å². The van der Waals surface area contributed by atoms with E-state index in [4.69, 9.17) is 4.74 Å². The number of ether oxygens (including phenoxy) is 1. The van der Waals surface area contributed by atoms with Gasteiger partial charge in [0.15, 0.2) is 5.82 Å². The number of rotatable bonds is 7. The van der Waals surface area contributed by atoms with Crippen molar-refractivity contribution < 1.29 is 17.9 Å². The minimum atomic E-state index is -4.42. The van der Waals surface area contributed by atoms with Crippen molar-refractivity contribution in [1.29, 1.82) is 0 Å². The van der Waals surface area contributed by atoms with E-state index in [1.165, 1.54) is 13.0 Å². The molecule has 0 unspecified atom stereocenters. The summed E-state index contributed by atoms with van der Waals surface area (Å²) in [5.74, 6) is 1.23. The summed E-state index contributed by atoms with van der Waals surface area (Å²) in [5.41, 5.74) is 1.49. The molecule has 0 spiro atoms. The highest BCUT2D eigenvalue weighted by Crippen LogP contribution is 2.36. The van der Waals surface area contributed by atoms with E-state index in [1.54, 1.807) is 27.1 Å². The fourth-order valence-electron chi connectivity index (χ4n) is 4.43. The van der Waals surface area contributed by atoms with Crippen LogP contribution in [0.15, 0.2) is 34.3 Å². The number of methoxy groups -OCH3 is 1. The van der Waals surface area contributed by atoms with Crippen LogP contribution in [0.3, 0.4) is 0 Å². The monoisotopic (exact) mass is 490 g/mol. The molecule has 2 heterocycles. The molecule has 35 heavy (non-hydrogen) atoms. The smallest absolute Gasteiger partial charge is 0.416 e. The number of alkyl halides is 3. The van der Waals surface area contributed by atoms with Crippen LogP contribution in [0.1, 0.15) is 42.1 Å². The first-order valence-electron chi connectivity index (χ1n) is 11.6. The van der Waals surface area contributed by atoms with Gasteiger partial charge in [0.25, 0.3) is 0 Å². The Bertz CT molecular complexity index is 1080. The topological polar surface area (TPSA) is 65.4 Å². The molecular weight excluding hydrogens is 457 g/mol. The first-order chi connectivity index (χ1) is 16.6. The zero-order valence-corrected chi connectivity index (χ0v) is 20.9. The fourth-order valence-corrected chi connectivity index (χ4v) is 4.43. The highest BCUT2D eigenvalue weighted by Gasteiger charge is 2.33. The molecule has 0 aliphatic carbocycles. The van der Waals surface area contributed by atoms with Crippen LogP contribution in [-0.4, -0.2) is 69.3 Å². The van der Waals surface area contributed by atoms with Gasteiger partial charge in [-0.3, -0.25) is 4.99 Å². The lowest BCUT2D eigenvalue weighted by molar-refractivity contribution is -0.138. The van der Waals surface area contributed by atoms with Gasteiger partial charge < -0.3 is 19.9 Å². The number of likely N-dealkylation sites (N-methyl/N-ethyl adjacent to an activating group) is 1. The fraction of sp³-hybridized carbons (Fsp3) is 0.480. The van der Waals surface area contributed by atoms with E-state index < -0.39 is 17.8 Å². The van der Waals surface area contributed by atoms with Gasteiger partial charge in [-0.05, 0) is 50.4 Å². The maximum absolute atomic E-state index is 13.4. The van der Waals surface area contributed by atoms with Crippen LogP contribution >= 0.6 is 0 Å². The van der Waals surface area contributed by atoms with Gasteiger partial charge >= 0.3 is 6.18 Å². The standard InChI is InChI=1S/C25H33F3N6O/c1-7-33-11-13-34(14-12-33)21-15-19(23(30-5)32-24(21)35-6)22(29-4)31-17(3)18-9-8-10-20(16(18)2)25(26,27)28/h8-10,15,17H,5,7,11-14H2,1-4,6H3,(H,29,31)/t17-/m1/s1. The first-order valence-corrected chi connectivity index (χ1v) is 11.6. The van der Waals surface area contributed by atoms with E-state index in [1.807, 2.05) is 6.07 Å². The normalized spacial score (nSPS) is 16.2. The van der Waals surface area contributed by atoms with Crippen molar-refractivity contribution in [3.63, 3.8) is 0 Å². The Hall–Kier alpha value is -3.14. The number of halogens is 3. The molecular formula is C25H33F3N6O. The average Bonchev–Trinajstić information content (AvgIpc) is 2.85. The summed E-state index contributed by atoms with van der Waals surface area (Å²) >= 11 is 0. The highest BCUT2D eigenvalue weighted by molar-refractivity contribution is 6.03. The van der Waals surface area contributed by atoms with Crippen molar-refractivity contribution in [3.8, 4) is 5.88 Å². The van der Waals surface area contributed by atoms with E-state index in [2.05, 4.69) is 43.7 Å². The van der Waals surface area contributed by atoms with Crippen molar-refractivity contribution in [1.82, 2.24) is 15.2 Å². The molecule has 190 valence electrons. The maximum atomic E-state index is 13.4. The van der Waals surface area contributed by atoms with Crippen LogP contribution in [0.2, 0.25) is 0 Å². The SMILES string of the molecule is C=Nc1nc(OC)c(N2CCN(CC)CC2)cc1C(=NC)N[C@H](C)c1cccc(C(F)(F)F)c1C. The van der Waals surface area contributed by atoms with E-state index >= 15 is 0 Å². The van der Waals surface area contributed by atoms with Crippen molar-refractivity contribution in [2.24, 2.45) is 9.98 Å². The molecule has 0 amide bonds. The van der Waals surface area contributed by atoms with Gasteiger partial charge in [0, 0.05) is 33.2 Å². The number of benzene rings is 1. The van der Waals surface area contributed by atoms with Crippen LogP contribution in [-0.2, 0) is 6.18 Å². The summed E-state index contributed by atoms with van der Waals surface area (Å²) in [6.45, 7) is 13.6. The third-order valence-corrected chi connectivity index (χ3v) is 6.43. The van der Waals surface area contributed by atoms with Crippen molar-refractivity contribution in [3.05, 3.63) is 46.5 Å². The van der Waals surface area contributed by atoms with Gasteiger partial charge in [-0.15, -0.1) is 0 Å². The van der Waals surface area contributed by atoms with Gasteiger partial charge in [-0.1, -0.05) is 19.1 Å². The minimum absolute atomic E-state index is 0.180. The summed E-state index contributed by atoms with van der Waals surface area (Å²) < 4.78 is 45.9. The van der Waals surface area contributed by atoms with Crippen LogP contribution in [0.25, 0.3) is 0 Å². The summed E-state index contributed by atoms with van der Waals surface area (Å²) in [6.07, 6.45) is -4.42. The number of pyridine rings is 1. The second-order valence-corrected chi connectivity index (χ2v) is 8.42. The van der Waals surface area contributed by atoms with Crippen LogP contribution in [0, 0.1) is 6.92 Å². The average molecular weight is 491 g/mol. The number of nitrogens with one attached hydrogen (secondary N) is 1. The number of amidine groups is 1. The van der Waals surface area contributed by atoms with Crippen molar-refractivity contribution >= 4 is 24.1 Å². The molecule has 1 N–H and O–H groups in total. The van der Waals surface area contributed by atoms with E-state index in [-0.39, 0.29) is 5.56 Å². The van der Waals surface area contributed by atoms with E-state index in [0.29, 0.717) is 28.7 Å². The van der Waals surface area contributed by atoms with Gasteiger partial charge in [0.2, 0.25) is 5.88 Å². The molecule has 0 bridgehead atoms. The molecule has 0 radical (unpaired) electrons. The van der Waals surface area contributed by atoms with Crippen LogP contribution < -0.4 is 15.0 Å². The van der Waals surface area contributed by atoms with Crippen LogP contribution in [0.5, 0.6) is 5.88 Å². The molecule has 1 atom stereocenters. The lowest BCUT2D eigenvalue weighted by atomic mass is 9.97. The number of aliphatic imine (C=N–C) groups is 2.